The molecule has 0 radical (unpaired) electrons. The summed E-state index contributed by atoms with van der Waals surface area (Å²) in [6.07, 6.45) is 3.68. The zero-order valence-electron chi connectivity index (χ0n) is 14.5. The Hall–Kier alpha value is -2.19. The second-order valence-corrected chi connectivity index (χ2v) is 8.84. The molecule has 0 atom stereocenters. The molecule has 9 heteroatoms. The fraction of sp³-hybridized carbons (Fsp3) is 0.389. The van der Waals surface area contributed by atoms with Gasteiger partial charge in [0.05, 0.1) is 16.2 Å². The van der Waals surface area contributed by atoms with E-state index >= 15 is 0 Å². The van der Waals surface area contributed by atoms with Gasteiger partial charge in [-0.15, -0.1) is 11.3 Å². The van der Waals surface area contributed by atoms with Gasteiger partial charge in [0.15, 0.2) is 6.61 Å². The number of hydrogen-bond donors (Lipinski definition) is 2. The van der Waals surface area contributed by atoms with Crippen LogP contribution in [0.4, 0.5) is 4.39 Å². The monoisotopic (exact) mass is 409 g/mol. The normalized spacial score (nSPS) is 25.1. The number of nitrogens with one attached hydrogen (secondary N) is 2. The minimum absolute atomic E-state index is 0.00139. The number of carbonyl (C=O) groups is 2. The molecular formula is C18H17ClFN3O3S. The lowest BCUT2D eigenvalue weighted by Gasteiger charge is -2.70. The number of thiazole rings is 1. The van der Waals surface area contributed by atoms with Gasteiger partial charge >= 0.3 is 0 Å². The van der Waals surface area contributed by atoms with Gasteiger partial charge in [-0.1, -0.05) is 11.6 Å². The lowest BCUT2D eigenvalue weighted by atomic mass is 9.44. The van der Waals surface area contributed by atoms with Gasteiger partial charge in [0.1, 0.15) is 16.4 Å². The van der Waals surface area contributed by atoms with Crippen molar-refractivity contribution in [3.8, 4) is 5.75 Å². The molecule has 3 fully saturated rings. The molecule has 3 aliphatic carbocycles. The molecule has 2 aromatic rings. The van der Waals surface area contributed by atoms with Crippen molar-refractivity contribution in [3.63, 3.8) is 0 Å². The van der Waals surface area contributed by atoms with Crippen molar-refractivity contribution in [2.75, 3.05) is 6.61 Å². The number of carbonyl (C=O) groups excluding carboxylic acids is 2. The van der Waals surface area contributed by atoms with E-state index in [1.54, 1.807) is 6.20 Å². The third-order valence-corrected chi connectivity index (χ3v) is 6.14. The predicted molar refractivity (Wildman–Crippen MR) is 98.7 cm³/mol. The molecule has 1 aromatic carbocycles. The third-order valence-electron chi connectivity index (χ3n) is 4.92. The number of hydrogen-bond acceptors (Lipinski definition) is 5. The quantitative estimate of drug-likeness (QED) is 0.768. The molecule has 1 heterocycles. The minimum Gasteiger partial charge on any atom is -0.484 e. The first-order valence-corrected chi connectivity index (χ1v) is 9.62. The largest absolute Gasteiger partial charge is 0.484 e. The number of rotatable bonds is 6. The van der Waals surface area contributed by atoms with Gasteiger partial charge < -0.3 is 15.4 Å². The zero-order valence-corrected chi connectivity index (χ0v) is 16.0. The van der Waals surface area contributed by atoms with Crippen LogP contribution in [0.1, 0.15) is 33.9 Å². The minimum atomic E-state index is -0.595. The molecule has 27 heavy (non-hydrogen) atoms. The topological polar surface area (TPSA) is 80.3 Å². The smallest absolute Gasteiger partial charge is 0.263 e. The third kappa shape index (κ3) is 3.51. The van der Waals surface area contributed by atoms with Crippen LogP contribution in [0.15, 0.2) is 24.4 Å². The zero-order chi connectivity index (χ0) is 19.2. The van der Waals surface area contributed by atoms with Gasteiger partial charge in [-0.05, 0) is 38.3 Å². The molecule has 2 bridgehead atoms. The number of benzene rings is 1. The molecule has 0 unspecified atom stereocenters. The van der Waals surface area contributed by atoms with E-state index in [-0.39, 0.29) is 40.3 Å². The van der Waals surface area contributed by atoms with Gasteiger partial charge in [0.25, 0.3) is 11.8 Å². The molecule has 2 N–H and O–H groups in total. The number of amides is 2. The number of halogens is 2. The predicted octanol–water partition coefficient (Wildman–Crippen LogP) is 2.84. The van der Waals surface area contributed by atoms with Gasteiger partial charge in [0, 0.05) is 17.1 Å². The highest BCUT2D eigenvalue weighted by molar-refractivity contribution is 7.13. The van der Waals surface area contributed by atoms with Crippen LogP contribution in [0.25, 0.3) is 0 Å². The highest BCUT2D eigenvalue weighted by Crippen LogP contribution is 2.60. The van der Waals surface area contributed by atoms with Gasteiger partial charge in [-0.25, -0.2) is 9.37 Å². The highest BCUT2D eigenvalue weighted by atomic mass is 35.5. The number of aryl methyl sites for hydroxylation is 1. The van der Waals surface area contributed by atoms with E-state index in [4.69, 9.17) is 16.3 Å². The number of nitrogens with zero attached hydrogens (tertiary/aromatic N) is 1. The second kappa shape index (κ2) is 6.45. The van der Waals surface area contributed by atoms with Gasteiger partial charge in [0.2, 0.25) is 0 Å². The molecule has 1 aromatic heterocycles. The highest BCUT2D eigenvalue weighted by Gasteiger charge is 2.69. The molecule has 0 spiro atoms. The van der Waals surface area contributed by atoms with Crippen LogP contribution in [0, 0.1) is 12.7 Å². The van der Waals surface area contributed by atoms with E-state index in [1.165, 1.54) is 23.5 Å². The molecule has 3 saturated carbocycles. The van der Waals surface area contributed by atoms with Crippen molar-refractivity contribution in [2.45, 2.75) is 37.3 Å². The van der Waals surface area contributed by atoms with E-state index in [2.05, 4.69) is 15.6 Å². The Morgan fingerprint density at radius 2 is 2.00 bits per heavy atom. The molecule has 3 aliphatic rings. The Bertz CT molecular complexity index is 913. The molecule has 2 amide bonds. The first-order valence-electron chi connectivity index (χ1n) is 8.42. The average molecular weight is 410 g/mol. The van der Waals surface area contributed by atoms with Crippen LogP contribution in [-0.4, -0.2) is 34.5 Å². The summed E-state index contributed by atoms with van der Waals surface area (Å²) in [7, 11) is 0. The number of aromatic nitrogens is 1. The van der Waals surface area contributed by atoms with E-state index in [0.29, 0.717) is 24.1 Å². The first-order chi connectivity index (χ1) is 12.8. The van der Waals surface area contributed by atoms with E-state index in [1.807, 2.05) is 6.92 Å². The van der Waals surface area contributed by atoms with Crippen molar-refractivity contribution in [1.82, 2.24) is 15.6 Å². The van der Waals surface area contributed by atoms with Crippen molar-refractivity contribution in [3.05, 3.63) is 45.1 Å². The molecule has 6 nitrogen and oxygen atoms in total. The van der Waals surface area contributed by atoms with Crippen LogP contribution in [0.5, 0.6) is 5.75 Å². The summed E-state index contributed by atoms with van der Waals surface area (Å²) in [5.41, 5.74) is -0.509. The maximum atomic E-state index is 13.4. The Balaban J connectivity index is 1.23. The lowest BCUT2D eigenvalue weighted by molar-refractivity contribution is -0.141. The first kappa shape index (κ1) is 18.2. The Morgan fingerprint density at radius 1 is 1.30 bits per heavy atom. The summed E-state index contributed by atoms with van der Waals surface area (Å²) < 4.78 is 18.7. The van der Waals surface area contributed by atoms with E-state index < -0.39 is 5.82 Å². The van der Waals surface area contributed by atoms with Crippen molar-refractivity contribution < 1.29 is 18.7 Å². The van der Waals surface area contributed by atoms with E-state index in [9.17, 15) is 14.0 Å². The Morgan fingerprint density at radius 3 is 2.63 bits per heavy atom. The molecule has 0 saturated heterocycles. The summed E-state index contributed by atoms with van der Waals surface area (Å²) in [5, 5.41) is 6.85. The fourth-order valence-corrected chi connectivity index (χ4v) is 4.66. The van der Waals surface area contributed by atoms with Crippen LogP contribution in [-0.2, 0) is 4.79 Å². The van der Waals surface area contributed by atoms with Crippen LogP contribution in [0.2, 0.25) is 5.02 Å². The van der Waals surface area contributed by atoms with Crippen molar-refractivity contribution in [1.29, 1.82) is 0 Å². The second-order valence-electron chi connectivity index (χ2n) is 7.20. The maximum Gasteiger partial charge on any atom is 0.263 e. The Labute approximate surface area is 164 Å². The molecular weight excluding hydrogens is 393 g/mol. The van der Waals surface area contributed by atoms with Gasteiger partial charge in [-0.2, -0.15) is 0 Å². The number of ether oxygens (including phenoxy) is 1. The lowest BCUT2D eigenvalue weighted by Crippen LogP contribution is -2.84. The SMILES string of the molecule is Cc1ncc(C(=O)NC23CC(NC(=O)COc4ccc(Cl)c(F)c4)(C2)C3)s1. The Kier molecular flexibility index (Phi) is 4.35. The van der Waals surface area contributed by atoms with Crippen molar-refractivity contribution >= 4 is 34.8 Å². The van der Waals surface area contributed by atoms with Crippen LogP contribution in [0.3, 0.4) is 0 Å². The summed E-state index contributed by atoms with van der Waals surface area (Å²) in [6.45, 7) is 1.65. The van der Waals surface area contributed by atoms with E-state index in [0.717, 1.165) is 11.1 Å². The van der Waals surface area contributed by atoms with Crippen LogP contribution >= 0.6 is 22.9 Å². The summed E-state index contributed by atoms with van der Waals surface area (Å²) in [5.74, 6) is -0.743. The standard InChI is InChI=1S/C18H17ClFN3O3S/c1-10-21-5-14(27-10)16(25)23-18-7-17(8-18,9-18)22-15(24)6-26-11-2-3-12(19)13(20)4-11/h2-5H,6-9H2,1H3,(H,22,24)(H,23,25). The molecule has 142 valence electrons. The van der Waals surface area contributed by atoms with Crippen molar-refractivity contribution in [2.24, 2.45) is 0 Å². The maximum absolute atomic E-state index is 13.4. The fourth-order valence-electron chi connectivity index (χ4n) is 3.87. The van der Waals surface area contributed by atoms with Gasteiger partial charge in [-0.3, -0.25) is 9.59 Å². The summed E-state index contributed by atoms with van der Waals surface area (Å²) >= 11 is 6.97. The molecule has 0 aliphatic heterocycles. The summed E-state index contributed by atoms with van der Waals surface area (Å²) in [4.78, 5) is 29.0. The summed E-state index contributed by atoms with van der Waals surface area (Å²) in [6, 6.07) is 4.02. The average Bonchev–Trinajstić information content (AvgIpc) is 2.99. The van der Waals surface area contributed by atoms with Crippen LogP contribution < -0.4 is 15.4 Å². The molecule has 5 rings (SSSR count).